The molecule has 0 atom stereocenters. The maximum atomic E-state index is 5.90. The molecule has 0 saturated heterocycles. The number of hydrogen-bond donors (Lipinski definition) is 1. The van der Waals surface area contributed by atoms with Crippen LogP contribution in [-0.2, 0) is 0 Å². The third kappa shape index (κ3) is 6.08. The van der Waals surface area contributed by atoms with Gasteiger partial charge in [-0.15, -0.1) is 11.8 Å². The van der Waals surface area contributed by atoms with Crippen LogP contribution in [0.25, 0.3) is 0 Å². The summed E-state index contributed by atoms with van der Waals surface area (Å²) in [7, 11) is 0. The monoisotopic (exact) mass is 243 g/mol. The molecule has 1 rings (SSSR count). The van der Waals surface area contributed by atoms with Crippen LogP contribution >= 0.6 is 23.4 Å². The van der Waals surface area contributed by atoms with Crippen LogP contribution in [0, 0.1) is 5.92 Å². The Labute approximate surface area is 102 Å². The van der Waals surface area contributed by atoms with E-state index in [4.69, 9.17) is 11.6 Å². The van der Waals surface area contributed by atoms with Crippen molar-refractivity contribution in [2.45, 2.75) is 18.7 Å². The van der Waals surface area contributed by atoms with E-state index in [0.29, 0.717) is 0 Å². The summed E-state index contributed by atoms with van der Waals surface area (Å²) >= 11 is 7.74. The summed E-state index contributed by atoms with van der Waals surface area (Å²) in [6.07, 6.45) is 0. The molecule has 0 amide bonds. The average molecular weight is 244 g/mol. The summed E-state index contributed by atoms with van der Waals surface area (Å²) in [5.41, 5.74) is 0. The molecule has 84 valence electrons. The molecule has 1 nitrogen and oxygen atoms in total. The van der Waals surface area contributed by atoms with Crippen molar-refractivity contribution < 1.29 is 0 Å². The SMILES string of the molecule is CC(C)CNCCSc1cccc(Cl)c1. The fraction of sp³-hybridized carbons (Fsp3) is 0.500. The summed E-state index contributed by atoms with van der Waals surface area (Å²) in [6.45, 7) is 6.58. The van der Waals surface area contributed by atoms with E-state index in [9.17, 15) is 0 Å². The van der Waals surface area contributed by atoms with Crippen LogP contribution in [0.1, 0.15) is 13.8 Å². The summed E-state index contributed by atoms with van der Waals surface area (Å²) in [4.78, 5) is 1.24. The quantitative estimate of drug-likeness (QED) is 0.604. The number of halogens is 1. The van der Waals surface area contributed by atoms with Crippen molar-refractivity contribution in [1.29, 1.82) is 0 Å². The smallest absolute Gasteiger partial charge is 0.0417 e. The number of nitrogens with one attached hydrogen (secondary N) is 1. The zero-order valence-corrected chi connectivity index (χ0v) is 10.9. The van der Waals surface area contributed by atoms with E-state index in [0.717, 1.165) is 29.8 Å². The standard InChI is InChI=1S/C12H18ClNS/c1-10(2)9-14-6-7-15-12-5-3-4-11(13)8-12/h3-5,8,10,14H,6-7,9H2,1-2H3. The Hall–Kier alpha value is -0.180. The Morgan fingerprint density at radius 1 is 1.40 bits per heavy atom. The van der Waals surface area contributed by atoms with Gasteiger partial charge in [-0.2, -0.15) is 0 Å². The van der Waals surface area contributed by atoms with Gasteiger partial charge in [0.25, 0.3) is 0 Å². The minimum Gasteiger partial charge on any atom is -0.316 e. The lowest BCUT2D eigenvalue weighted by Crippen LogP contribution is -2.21. The third-order valence-electron chi connectivity index (χ3n) is 1.90. The molecule has 0 spiro atoms. The number of hydrogen-bond acceptors (Lipinski definition) is 2. The molecule has 0 aliphatic carbocycles. The first-order chi connectivity index (χ1) is 7.18. The van der Waals surface area contributed by atoms with Gasteiger partial charge in [0.1, 0.15) is 0 Å². The summed E-state index contributed by atoms with van der Waals surface area (Å²) in [5.74, 6) is 1.81. The molecule has 0 bridgehead atoms. The molecule has 15 heavy (non-hydrogen) atoms. The molecular formula is C12H18ClNS. The van der Waals surface area contributed by atoms with E-state index >= 15 is 0 Å². The molecule has 0 aliphatic rings. The lowest BCUT2D eigenvalue weighted by Gasteiger charge is -2.07. The topological polar surface area (TPSA) is 12.0 Å². The van der Waals surface area contributed by atoms with Crippen molar-refractivity contribution >= 4 is 23.4 Å². The molecule has 0 fully saturated rings. The molecule has 0 aliphatic heterocycles. The second-order valence-corrected chi connectivity index (χ2v) is 5.51. The second kappa shape index (κ2) is 7.15. The molecule has 0 aromatic heterocycles. The molecule has 0 saturated carbocycles. The summed E-state index contributed by atoms with van der Waals surface area (Å²) < 4.78 is 0. The molecule has 0 heterocycles. The van der Waals surface area contributed by atoms with Crippen LogP contribution in [0.15, 0.2) is 29.2 Å². The van der Waals surface area contributed by atoms with E-state index < -0.39 is 0 Å². The minimum atomic E-state index is 0.723. The largest absolute Gasteiger partial charge is 0.316 e. The van der Waals surface area contributed by atoms with Crippen LogP contribution in [0.2, 0.25) is 5.02 Å². The Balaban J connectivity index is 2.15. The maximum absolute atomic E-state index is 5.90. The van der Waals surface area contributed by atoms with Gasteiger partial charge in [0.15, 0.2) is 0 Å². The molecule has 0 unspecified atom stereocenters. The number of benzene rings is 1. The Morgan fingerprint density at radius 3 is 2.87 bits per heavy atom. The van der Waals surface area contributed by atoms with Crippen molar-refractivity contribution in [1.82, 2.24) is 5.32 Å². The van der Waals surface area contributed by atoms with Crippen molar-refractivity contribution in [2.24, 2.45) is 5.92 Å². The van der Waals surface area contributed by atoms with Gasteiger partial charge in [-0.25, -0.2) is 0 Å². The second-order valence-electron chi connectivity index (χ2n) is 3.90. The average Bonchev–Trinajstić information content (AvgIpc) is 2.17. The molecule has 1 aromatic rings. The molecule has 0 radical (unpaired) electrons. The summed E-state index contributed by atoms with van der Waals surface area (Å²) in [5, 5.41) is 4.23. The van der Waals surface area contributed by atoms with Gasteiger partial charge in [-0.05, 0) is 30.7 Å². The van der Waals surface area contributed by atoms with Gasteiger partial charge in [0.05, 0.1) is 0 Å². The lowest BCUT2D eigenvalue weighted by molar-refractivity contribution is 0.568. The van der Waals surface area contributed by atoms with Gasteiger partial charge < -0.3 is 5.32 Å². The zero-order valence-electron chi connectivity index (χ0n) is 9.29. The Bertz CT molecular complexity index is 289. The number of thioether (sulfide) groups is 1. The highest BCUT2D eigenvalue weighted by Gasteiger charge is 1.96. The van der Waals surface area contributed by atoms with Gasteiger partial charge in [0, 0.05) is 22.2 Å². The van der Waals surface area contributed by atoms with Gasteiger partial charge in [-0.3, -0.25) is 0 Å². The molecule has 1 N–H and O–H groups in total. The fourth-order valence-electron chi connectivity index (χ4n) is 1.19. The summed E-state index contributed by atoms with van der Waals surface area (Å²) in [6, 6.07) is 8.00. The van der Waals surface area contributed by atoms with Gasteiger partial charge in [0.2, 0.25) is 0 Å². The van der Waals surface area contributed by atoms with Crippen molar-refractivity contribution in [3.05, 3.63) is 29.3 Å². The highest BCUT2D eigenvalue weighted by atomic mass is 35.5. The predicted octanol–water partition coefficient (Wildman–Crippen LogP) is 3.68. The zero-order chi connectivity index (χ0) is 11.1. The van der Waals surface area contributed by atoms with Gasteiger partial charge in [-0.1, -0.05) is 31.5 Å². The normalized spacial score (nSPS) is 10.9. The first-order valence-electron chi connectivity index (χ1n) is 5.27. The molecule has 3 heteroatoms. The highest BCUT2D eigenvalue weighted by molar-refractivity contribution is 7.99. The van der Waals surface area contributed by atoms with E-state index in [2.05, 4.69) is 25.2 Å². The van der Waals surface area contributed by atoms with Crippen molar-refractivity contribution in [2.75, 3.05) is 18.8 Å². The van der Waals surface area contributed by atoms with E-state index in [1.807, 2.05) is 30.0 Å². The first-order valence-corrected chi connectivity index (χ1v) is 6.64. The van der Waals surface area contributed by atoms with E-state index in [1.165, 1.54) is 4.90 Å². The number of rotatable bonds is 6. The Morgan fingerprint density at radius 2 is 2.20 bits per heavy atom. The van der Waals surface area contributed by atoms with E-state index in [-0.39, 0.29) is 0 Å². The molecular weight excluding hydrogens is 226 g/mol. The van der Waals surface area contributed by atoms with Crippen LogP contribution < -0.4 is 5.32 Å². The van der Waals surface area contributed by atoms with Crippen LogP contribution in [0.3, 0.4) is 0 Å². The predicted molar refractivity (Wildman–Crippen MR) is 69.9 cm³/mol. The lowest BCUT2D eigenvalue weighted by atomic mass is 10.2. The van der Waals surface area contributed by atoms with Crippen LogP contribution in [0.4, 0.5) is 0 Å². The van der Waals surface area contributed by atoms with Crippen LogP contribution in [-0.4, -0.2) is 18.8 Å². The Kier molecular flexibility index (Phi) is 6.15. The first kappa shape index (κ1) is 12.9. The maximum Gasteiger partial charge on any atom is 0.0417 e. The highest BCUT2D eigenvalue weighted by Crippen LogP contribution is 2.20. The van der Waals surface area contributed by atoms with Gasteiger partial charge >= 0.3 is 0 Å². The third-order valence-corrected chi connectivity index (χ3v) is 3.13. The molecule has 1 aromatic carbocycles. The minimum absolute atomic E-state index is 0.723. The van der Waals surface area contributed by atoms with Crippen LogP contribution in [0.5, 0.6) is 0 Å². The van der Waals surface area contributed by atoms with Crippen molar-refractivity contribution in [3.63, 3.8) is 0 Å². The van der Waals surface area contributed by atoms with E-state index in [1.54, 1.807) is 0 Å². The van der Waals surface area contributed by atoms with Crippen molar-refractivity contribution in [3.8, 4) is 0 Å². The fourth-order valence-corrected chi connectivity index (χ4v) is 2.31.